The standard InChI is InChI=1S/C11H14F4N2O.ClH/c12-10(13)11(14,15)18-9-4-2-1-3-7(9)8(17)5-6-16;/h1-4,8,10H,5-6,16-17H2;1H/t8-;/m1./s1. The molecule has 0 unspecified atom stereocenters. The molecule has 110 valence electrons. The Kier molecular flexibility index (Phi) is 7.10. The van der Waals surface area contributed by atoms with Gasteiger partial charge in [-0.2, -0.15) is 17.6 Å². The van der Waals surface area contributed by atoms with Crippen LogP contribution in [0.3, 0.4) is 0 Å². The van der Waals surface area contributed by atoms with Crippen molar-refractivity contribution in [2.45, 2.75) is 25.0 Å². The Morgan fingerprint density at radius 1 is 1.21 bits per heavy atom. The molecule has 0 aliphatic rings. The number of rotatable bonds is 6. The maximum Gasteiger partial charge on any atom is 0.461 e. The topological polar surface area (TPSA) is 61.3 Å². The number of para-hydroxylation sites is 1. The average molecular weight is 303 g/mol. The summed E-state index contributed by atoms with van der Waals surface area (Å²) in [5, 5.41) is 0. The Balaban J connectivity index is 0.00000324. The van der Waals surface area contributed by atoms with E-state index >= 15 is 0 Å². The van der Waals surface area contributed by atoms with Gasteiger partial charge in [-0.3, -0.25) is 0 Å². The van der Waals surface area contributed by atoms with Crippen molar-refractivity contribution >= 4 is 12.4 Å². The third-order valence-electron chi connectivity index (χ3n) is 2.30. The molecule has 19 heavy (non-hydrogen) atoms. The fraction of sp³-hybridized carbons (Fsp3) is 0.455. The number of benzene rings is 1. The van der Waals surface area contributed by atoms with Gasteiger partial charge in [-0.15, -0.1) is 12.4 Å². The molecule has 0 radical (unpaired) electrons. The lowest BCUT2D eigenvalue weighted by molar-refractivity contribution is -0.253. The monoisotopic (exact) mass is 302 g/mol. The predicted molar refractivity (Wildman–Crippen MR) is 65.9 cm³/mol. The normalized spacial score (nSPS) is 13.0. The maximum atomic E-state index is 12.8. The van der Waals surface area contributed by atoms with E-state index < -0.39 is 18.6 Å². The van der Waals surface area contributed by atoms with E-state index in [0.29, 0.717) is 6.42 Å². The highest BCUT2D eigenvalue weighted by molar-refractivity contribution is 5.85. The Morgan fingerprint density at radius 3 is 2.32 bits per heavy atom. The molecule has 0 saturated heterocycles. The Morgan fingerprint density at radius 2 is 1.79 bits per heavy atom. The minimum Gasteiger partial charge on any atom is -0.428 e. The van der Waals surface area contributed by atoms with Gasteiger partial charge in [0.2, 0.25) is 0 Å². The van der Waals surface area contributed by atoms with Crippen LogP contribution in [0.1, 0.15) is 18.0 Å². The molecular weight excluding hydrogens is 288 g/mol. The summed E-state index contributed by atoms with van der Waals surface area (Å²) in [5.41, 5.74) is 11.2. The summed E-state index contributed by atoms with van der Waals surface area (Å²) in [5.74, 6) is -0.358. The van der Waals surface area contributed by atoms with E-state index in [1.165, 1.54) is 18.2 Å². The molecular formula is C11H15ClF4N2O. The second-order valence-corrected chi connectivity index (χ2v) is 3.69. The average Bonchev–Trinajstić information content (AvgIpc) is 2.29. The van der Waals surface area contributed by atoms with Crippen molar-refractivity contribution in [3.05, 3.63) is 29.8 Å². The van der Waals surface area contributed by atoms with E-state index in [0.717, 1.165) is 0 Å². The summed E-state index contributed by atoms with van der Waals surface area (Å²) < 4.78 is 53.8. The number of alkyl halides is 4. The number of hydrogen-bond donors (Lipinski definition) is 2. The lowest BCUT2D eigenvalue weighted by Crippen LogP contribution is -2.34. The van der Waals surface area contributed by atoms with Crippen molar-refractivity contribution in [3.8, 4) is 5.75 Å². The third-order valence-corrected chi connectivity index (χ3v) is 2.30. The minimum absolute atomic E-state index is 0. The van der Waals surface area contributed by atoms with E-state index in [2.05, 4.69) is 4.74 Å². The van der Waals surface area contributed by atoms with Gasteiger partial charge in [0.1, 0.15) is 5.75 Å². The van der Waals surface area contributed by atoms with E-state index in [1.54, 1.807) is 6.07 Å². The van der Waals surface area contributed by atoms with Gasteiger partial charge in [-0.25, -0.2) is 0 Å². The van der Waals surface area contributed by atoms with E-state index in [4.69, 9.17) is 11.5 Å². The second-order valence-electron chi connectivity index (χ2n) is 3.69. The van der Waals surface area contributed by atoms with E-state index in [-0.39, 0.29) is 30.3 Å². The molecule has 0 amide bonds. The lowest BCUT2D eigenvalue weighted by atomic mass is 10.0. The van der Waals surface area contributed by atoms with Crippen LogP contribution in [0.4, 0.5) is 17.6 Å². The molecule has 1 rings (SSSR count). The van der Waals surface area contributed by atoms with Gasteiger partial charge in [0.25, 0.3) is 0 Å². The highest BCUT2D eigenvalue weighted by atomic mass is 35.5. The molecule has 8 heteroatoms. The zero-order valence-corrected chi connectivity index (χ0v) is 10.7. The zero-order chi connectivity index (χ0) is 13.8. The smallest absolute Gasteiger partial charge is 0.428 e. The van der Waals surface area contributed by atoms with Gasteiger partial charge in [0.15, 0.2) is 0 Å². The van der Waals surface area contributed by atoms with Gasteiger partial charge in [-0.1, -0.05) is 18.2 Å². The molecule has 0 heterocycles. The Labute approximate surface area is 114 Å². The predicted octanol–water partition coefficient (Wildman–Crippen LogP) is 2.69. The zero-order valence-electron chi connectivity index (χ0n) is 9.86. The van der Waals surface area contributed by atoms with Crippen LogP contribution in [0, 0.1) is 0 Å². The molecule has 1 aromatic carbocycles. The molecule has 4 N–H and O–H groups in total. The molecule has 0 spiro atoms. The summed E-state index contributed by atoms with van der Waals surface area (Å²) in [6.07, 6.45) is -8.12. The first-order chi connectivity index (χ1) is 8.38. The molecule has 1 aromatic rings. The van der Waals surface area contributed by atoms with Crippen LogP contribution >= 0.6 is 12.4 Å². The highest BCUT2D eigenvalue weighted by Gasteiger charge is 2.44. The molecule has 0 bridgehead atoms. The first-order valence-corrected chi connectivity index (χ1v) is 5.28. The summed E-state index contributed by atoms with van der Waals surface area (Å²) in [6, 6.07) is 4.92. The van der Waals surface area contributed by atoms with Crippen LogP contribution in [-0.4, -0.2) is 19.1 Å². The van der Waals surface area contributed by atoms with Gasteiger partial charge in [0.05, 0.1) is 0 Å². The number of hydrogen-bond acceptors (Lipinski definition) is 3. The maximum absolute atomic E-state index is 12.8. The lowest BCUT2D eigenvalue weighted by Gasteiger charge is -2.21. The van der Waals surface area contributed by atoms with Crippen LogP contribution in [-0.2, 0) is 0 Å². The van der Waals surface area contributed by atoms with E-state index in [9.17, 15) is 17.6 Å². The van der Waals surface area contributed by atoms with Crippen LogP contribution < -0.4 is 16.2 Å². The molecule has 0 saturated carbocycles. The Hall–Kier alpha value is -1.05. The number of nitrogens with two attached hydrogens (primary N) is 2. The molecule has 0 fully saturated rings. The quantitative estimate of drug-likeness (QED) is 0.794. The van der Waals surface area contributed by atoms with Crippen LogP contribution in [0.2, 0.25) is 0 Å². The SMILES string of the molecule is Cl.NCC[C@@H](N)c1ccccc1OC(F)(F)C(F)F. The van der Waals surface area contributed by atoms with Crippen molar-refractivity contribution in [2.75, 3.05) is 6.54 Å². The largest absolute Gasteiger partial charge is 0.461 e. The first-order valence-electron chi connectivity index (χ1n) is 5.28. The van der Waals surface area contributed by atoms with Crippen LogP contribution in [0.25, 0.3) is 0 Å². The van der Waals surface area contributed by atoms with E-state index in [1.807, 2.05) is 0 Å². The first kappa shape index (κ1) is 17.9. The van der Waals surface area contributed by atoms with Gasteiger partial charge >= 0.3 is 12.5 Å². The summed E-state index contributed by atoms with van der Waals surface area (Å²) in [7, 11) is 0. The number of halogens is 5. The molecule has 0 aliphatic heterocycles. The fourth-order valence-electron chi connectivity index (χ4n) is 1.41. The fourth-order valence-corrected chi connectivity index (χ4v) is 1.41. The highest BCUT2D eigenvalue weighted by Crippen LogP contribution is 2.32. The molecule has 0 aromatic heterocycles. The van der Waals surface area contributed by atoms with Crippen molar-refractivity contribution < 1.29 is 22.3 Å². The van der Waals surface area contributed by atoms with Crippen LogP contribution in [0.5, 0.6) is 5.75 Å². The van der Waals surface area contributed by atoms with Gasteiger partial charge in [0, 0.05) is 11.6 Å². The van der Waals surface area contributed by atoms with Crippen molar-refractivity contribution in [1.82, 2.24) is 0 Å². The minimum atomic E-state index is -4.54. The summed E-state index contributed by atoms with van der Waals surface area (Å²) >= 11 is 0. The Bertz CT molecular complexity index is 393. The molecule has 3 nitrogen and oxygen atoms in total. The van der Waals surface area contributed by atoms with Crippen molar-refractivity contribution in [2.24, 2.45) is 11.5 Å². The second kappa shape index (κ2) is 7.52. The van der Waals surface area contributed by atoms with Gasteiger partial charge in [-0.05, 0) is 19.0 Å². The van der Waals surface area contributed by atoms with Crippen LogP contribution in [0.15, 0.2) is 24.3 Å². The summed E-state index contributed by atoms with van der Waals surface area (Å²) in [4.78, 5) is 0. The van der Waals surface area contributed by atoms with Crippen molar-refractivity contribution in [3.63, 3.8) is 0 Å². The number of ether oxygens (including phenoxy) is 1. The summed E-state index contributed by atoms with van der Waals surface area (Å²) in [6.45, 7) is 0.251. The molecule has 1 atom stereocenters. The van der Waals surface area contributed by atoms with Crippen molar-refractivity contribution in [1.29, 1.82) is 0 Å². The van der Waals surface area contributed by atoms with Gasteiger partial charge < -0.3 is 16.2 Å². The molecule has 0 aliphatic carbocycles. The third kappa shape index (κ3) is 4.85.